The summed E-state index contributed by atoms with van der Waals surface area (Å²) >= 11 is 3.26. The van der Waals surface area contributed by atoms with Crippen LogP contribution in [0.3, 0.4) is 0 Å². The number of nitrogens with one attached hydrogen (secondary N) is 1. The molecule has 2 rings (SSSR count). The predicted molar refractivity (Wildman–Crippen MR) is 78.7 cm³/mol. The van der Waals surface area contributed by atoms with Crippen LogP contribution in [0.2, 0.25) is 0 Å². The molecule has 0 radical (unpaired) electrons. The van der Waals surface area contributed by atoms with E-state index in [4.69, 9.17) is 0 Å². The number of benzene rings is 1. The first kappa shape index (κ1) is 14.0. The largest absolute Gasteiger partial charge is 0.278 e. The molecule has 4 nitrogen and oxygen atoms in total. The fraction of sp³-hybridized carbons (Fsp3) is 0.154. The van der Waals surface area contributed by atoms with Crippen molar-refractivity contribution in [3.05, 3.63) is 52.3 Å². The van der Waals surface area contributed by atoms with E-state index in [1.807, 2.05) is 6.92 Å². The zero-order chi connectivity index (χ0) is 14.0. The first-order valence-corrected chi connectivity index (χ1v) is 7.89. The number of anilines is 1. The predicted octanol–water partition coefficient (Wildman–Crippen LogP) is 3.26. The van der Waals surface area contributed by atoms with Crippen LogP contribution in [0.15, 0.2) is 45.8 Å². The van der Waals surface area contributed by atoms with Gasteiger partial charge in [0.25, 0.3) is 10.0 Å². The third kappa shape index (κ3) is 3.33. The van der Waals surface area contributed by atoms with Crippen molar-refractivity contribution in [1.82, 2.24) is 4.98 Å². The summed E-state index contributed by atoms with van der Waals surface area (Å²) in [6, 6.07) is 10.0. The summed E-state index contributed by atoms with van der Waals surface area (Å²) in [6.45, 7) is 3.63. The average molecular weight is 341 g/mol. The molecule has 19 heavy (non-hydrogen) atoms. The van der Waals surface area contributed by atoms with Gasteiger partial charge in [-0.2, -0.15) is 0 Å². The Hall–Kier alpha value is -1.40. The van der Waals surface area contributed by atoms with Crippen LogP contribution in [0, 0.1) is 13.8 Å². The Morgan fingerprint density at radius 1 is 1.16 bits per heavy atom. The Kier molecular flexibility index (Phi) is 3.91. The third-order valence-electron chi connectivity index (χ3n) is 2.58. The smallest absolute Gasteiger partial charge is 0.261 e. The highest BCUT2D eigenvalue weighted by atomic mass is 79.9. The fourth-order valence-corrected chi connectivity index (χ4v) is 3.35. The van der Waals surface area contributed by atoms with E-state index in [0.29, 0.717) is 15.9 Å². The molecular formula is C13H13BrN2O2S. The molecule has 0 spiro atoms. The van der Waals surface area contributed by atoms with E-state index >= 15 is 0 Å². The molecule has 2 aromatic rings. The van der Waals surface area contributed by atoms with E-state index in [9.17, 15) is 8.42 Å². The lowest BCUT2D eigenvalue weighted by Gasteiger charge is -2.10. The summed E-state index contributed by atoms with van der Waals surface area (Å²) in [5.74, 6) is 0. The summed E-state index contributed by atoms with van der Waals surface area (Å²) in [7, 11) is -3.59. The number of pyridine rings is 1. The lowest BCUT2D eigenvalue weighted by molar-refractivity contribution is 0.601. The first-order chi connectivity index (χ1) is 8.88. The maximum atomic E-state index is 12.2. The quantitative estimate of drug-likeness (QED) is 0.932. The zero-order valence-corrected chi connectivity index (χ0v) is 12.9. The molecule has 1 aromatic carbocycles. The minimum absolute atomic E-state index is 0.210. The standard InChI is InChI=1S/C13H13BrN2O2S/c1-9-6-7-13(10(2)15-9)16-19(17,18)12-5-3-4-11(14)8-12/h3-8,16H,1-2H3. The van der Waals surface area contributed by atoms with Crippen molar-refractivity contribution in [1.29, 1.82) is 0 Å². The van der Waals surface area contributed by atoms with Gasteiger partial charge in [0.2, 0.25) is 0 Å². The molecule has 1 heterocycles. The summed E-state index contributed by atoms with van der Waals surface area (Å²) in [6.07, 6.45) is 0. The van der Waals surface area contributed by atoms with Crippen LogP contribution < -0.4 is 4.72 Å². The second-order valence-corrected chi connectivity index (χ2v) is 6.75. The van der Waals surface area contributed by atoms with Crippen molar-refractivity contribution in [2.75, 3.05) is 4.72 Å². The molecule has 0 saturated heterocycles. The Balaban J connectivity index is 2.36. The molecule has 0 atom stereocenters. The van der Waals surface area contributed by atoms with Crippen molar-refractivity contribution in [2.24, 2.45) is 0 Å². The molecule has 0 unspecified atom stereocenters. The Morgan fingerprint density at radius 3 is 2.53 bits per heavy atom. The molecule has 1 N–H and O–H groups in total. The SMILES string of the molecule is Cc1ccc(NS(=O)(=O)c2cccc(Br)c2)c(C)n1. The van der Waals surface area contributed by atoms with Gasteiger partial charge in [0.05, 0.1) is 16.3 Å². The number of halogens is 1. The van der Waals surface area contributed by atoms with Crippen LogP contribution >= 0.6 is 15.9 Å². The Bertz CT molecular complexity index is 714. The van der Waals surface area contributed by atoms with Crippen LogP contribution in [0.1, 0.15) is 11.4 Å². The van der Waals surface area contributed by atoms with Crippen molar-refractivity contribution in [2.45, 2.75) is 18.7 Å². The number of aromatic nitrogens is 1. The number of hydrogen-bond acceptors (Lipinski definition) is 3. The van der Waals surface area contributed by atoms with Crippen LogP contribution in [0.4, 0.5) is 5.69 Å². The second-order valence-electron chi connectivity index (χ2n) is 4.15. The molecule has 0 bridgehead atoms. The monoisotopic (exact) mass is 340 g/mol. The number of nitrogens with zero attached hydrogens (tertiary/aromatic N) is 1. The van der Waals surface area contributed by atoms with Crippen LogP contribution in [-0.4, -0.2) is 13.4 Å². The van der Waals surface area contributed by atoms with Crippen LogP contribution in [0.5, 0.6) is 0 Å². The molecule has 100 valence electrons. The van der Waals surface area contributed by atoms with Gasteiger partial charge in [-0.1, -0.05) is 22.0 Å². The molecule has 0 saturated carbocycles. The molecule has 1 aromatic heterocycles. The second kappa shape index (κ2) is 5.30. The minimum Gasteiger partial charge on any atom is -0.278 e. The van der Waals surface area contributed by atoms with Gasteiger partial charge in [0.15, 0.2) is 0 Å². The minimum atomic E-state index is -3.59. The summed E-state index contributed by atoms with van der Waals surface area (Å²) in [5.41, 5.74) is 1.99. The highest BCUT2D eigenvalue weighted by molar-refractivity contribution is 9.10. The maximum Gasteiger partial charge on any atom is 0.261 e. The van der Waals surface area contributed by atoms with Gasteiger partial charge < -0.3 is 0 Å². The van der Waals surface area contributed by atoms with Crippen LogP contribution in [-0.2, 0) is 10.0 Å². The van der Waals surface area contributed by atoms with Gasteiger partial charge in [0, 0.05) is 10.2 Å². The summed E-state index contributed by atoms with van der Waals surface area (Å²) < 4.78 is 27.7. The molecule has 0 fully saturated rings. The highest BCUT2D eigenvalue weighted by Gasteiger charge is 2.15. The van der Waals surface area contributed by atoms with Crippen molar-refractivity contribution in [3.63, 3.8) is 0 Å². The van der Waals surface area contributed by atoms with Crippen molar-refractivity contribution < 1.29 is 8.42 Å². The molecule has 0 aliphatic heterocycles. The summed E-state index contributed by atoms with van der Waals surface area (Å²) in [4.78, 5) is 4.44. The molecule has 0 amide bonds. The van der Waals surface area contributed by atoms with E-state index in [1.54, 1.807) is 43.3 Å². The average Bonchev–Trinajstić information content (AvgIpc) is 2.33. The number of hydrogen-bond donors (Lipinski definition) is 1. The third-order valence-corrected chi connectivity index (χ3v) is 4.43. The van der Waals surface area contributed by atoms with E-state index in [0.717, 1.165) is 5.69 Å². The molecular weight excluding hydrogens is 328 g/mol. The lowest BCUT2D eigenvalue weighted by Crippen LogP contribution is -2.14. The Morgan fingerprint density at radius 2 is 1.89 bits per heavy atom. The highest BCUT2D eigenvalue weighted by Crippen LogP contribution is 2.21. The lowest BCUT2D eigenvalue weighted by atomic mass is 10.3. The van der Waals surface area contributed by atoms with Gasteiger partial charge in [-0.25, -0.2) is 8.42 Å². The Labute approximate surface area is 121 Å². The molecule has 0 aliphatic rings. The number of aryl methyl sites for hydroxylation is 2. The molecule has 0 aliphatic carbocycles. The van der Waals surface area contributed by atoms with Gasteiger partial charge >= 0.3 is 0 Å². The van der Waals surface area contributed by atoms with Crippen LogP contribution in [0.25, 0.3) is 0 Å². The van der Waals surface area contributed by atoms with E-state index in [1.165, 1.54) is 0 Å². The van der Waals surface area contributed by atoms with Gasteiger partial charge in [-0.15, -0.1) is 0 Å². The first-order valence-electron chi connectivity index (χ1n) is 5.61. The van der Waals surface area contributed by atoms with Gasteiger partial charge in [-0.05, 0) is 44.2 Å². The maximum absolute atomic E-state index is 12.2. The topological polar surface area (TPSA) is 59.1 Å². The summed E-state index contributed by atoms with van der Waals surface area (Å²) in [5, 5.41) is 0. The van der Waals surface area contributed by atoms with Gasteiger partial charge in [0.1, 0.15) is 0 Å². The number of rotatable bonds is 3. The zero-order valence-electron chi connectivity index (χ0n) is 10.5. The molecule has 6 heteroatoms. The number of sulfonamides is 1. The van der Waals surface area contributed by atoms with Crippen molar-refractivity contribution in [3.8, 4) is 0 Å². The van der Waals surface area contributed by atoms with E-state index in [-0.39, 0.29) is 4.90 Å². The van der Waals surface area contributed by atoms with Crippen molar-refractivity contribution >= 4 is 31.6 Å². The van der Waals surface area contributed by atoms with Gasteiger partial charge in [-0.3, -0.25) is 9.71 Å². The van der Waals surface area contributed by atoms with E-state index < -0.39 is 10.0 Å². The normalized spacial score (nSPS) is 11.3. The van der Waals surface area contributed by atoms with E-state index in [2.05, 4.69) is 25.6 Å². The fourth-order valence-electron chi connectivity index (χ4n) is 1.63.